The standard InChI is InChI=1S/C16H20N2O4/c1-21-11-16(15(19)20)6-3-7-18(16)10-12-4-5-14(22-2)13(8-12)9-17/h4-5,8H,3,6-7,10-11H2,1-2H3,(H,19,20). The number of carbonyl (C=O) groups is 1. The minimum atomic E-state index is -0.985. The number of benzene rings is 1. The highest BCUT2D eigenvalue weighted by Crippen LogP contribution is 2.32. The second-order valence-corrected chi connectivity index (χ2v) is 5.44. The number of ether oxygens (including phenoxy) is 2. The molecule has 1 aliphatic heterocycles. The van der Waals surface area contributed by atoms with Crippen LogP contribution < -0.4 is 4.74 Å². The number of nitriles is 1. The van der Waals surface area contributed by atoms with Crippen LogP contribution in [0.15, 0.2) is 18.2 Å². The molecule has 1 fully saturated rings. The SMILES string of the molecule is COCC1(C(=O)O)CCCN1Cc1ccc(OC)c(C#N)c1. The van der Waals surface area contributed by atoms with Crippen LogP contribution in [-0.4, -0.2) is 48.9 Å². The van der Waals surface area contributed by atoms with E-state index in [0.29, 0.717) is 30.8 Å². The topological polar surface area (TPSA) is 82.8 Å². The largest absolute Gasteiger partial charge is 0.495 e. The molecule has 0 saturated carbocycles. The number of carboxylic acid groups (broad SMARTS) is 1. The summed E-state index contributed by atoms with van der Waals surface area (Å²) in [5.41, 5.74) is 0.356. The lowest BCUT2D eigenvalue weighted by molar-refractivity contribution is -0.153. The zero-order valence-corrected chi connectivity index (χ0v) is 12.8. The second kappa shape index (κ2) is 6.77. The lowest BCUT2D eigenvalue weighted by atomic mass is 9.96. The zero-order valence-electron chi connectivity index (χ0n) is 12.8. The molecule has 0 aliphatic carbocycles. The molecule has 6 heteroatoms. The lowest BCUT2D eigenvalue weighted by Gasteiger charge is -2.34. The highest BCUT2D eigenvalue weighted by atomic mass is 16.5. The Kier molecular flexibility index (Phi) is 5.01. The third kappa shape index (κ3) is 2.91. The fraction of sp³-hybridized carbons (Fsp3) is 0.500. The van der Waals surface area contributed by atoms with Crippen molar-refractivity contribution in [1.82, 2.24) is 4.90 Å². The van der Waals surface area contributed by atoms with Crippen molar-refractivity contribution in [1.29, 1.82) is 5.26 Å². The predicted molar refractivity (Wildman–Crippen MR) is 79.6 cm³/mol. The Morgan fingerprint density at radius 1 is 1.50 bits per heavy atom. The van der Waals surface area contributed by atoms with Crippen LogP contribution in [0.5, 0.6) is 5.75 Å². The summed E-state index contributed by atoms with van der Waals surface area (Å²) in [5, 5.41) is 18.8. The van der Waals surface area contributed by atoms with Crippen LogP contribution in [0.2, 0.25) is 0 Å². The summed E-state index contributed by atoms with van der Waals surface area (Å²) in [6, 6.07) is 7.44. The molecule has 0 amide bonds. The molecule has 0 bridgehead atoms. The molecular weight excluding hydrogens is 284 g/mol. The maximum absolute atomic E-state index is 11.7. The van der Waals surface area contributed by atoms with Crippen LogP contribution >= 0.6 is 0 Å². The van der Waals surface area contributed by atoms with Gasteiger partial charge in [-0.3, -0.25) is 9.69 Å². The highest BCUT2D eigenvalue weighted by molar-refractivity contribution is 5.79. The first-order chi connectivity index (χ1) is 10.6. The maximum atomic E-state index is 11.7. The molecule has 0 spiro atoms. The Morgan fingerprint density at radius 2 is 2.27 bits per heavy atom. The molecular formula is C16H20N2O4. The minimum Gasteiger partial charge on any atom is -0.495 e. The number of likely N-dealkylation sites (tertiary alicyclic amines) is 1. The van der Waals surface area contributed by atoms with Crippen molar-refractivity contribution in [2.24, 2.45) is 0 Å². The normalized spacial score (nSPS) is 21.5. The van der Waals surface area contributed by atoms with Crippen molar-refractivity contribution in [3.63, 3.8) is 0 Å². The monoisotopic (exact) mass is 304 g/mol. The number of methoxy groups -OCH3 is 2. The Morgan fingerprint density at radius 3 is 2.86 bits per heavy atom. The Balaban J connectivity index is 2.26. The molecule has 0 aromatic heterocycles. The predicted octanol–water partition coefficient (Wildman–Crippen LogP) is 1.63. The number of aliphatic carboxylic acids is 1. The summed E-state index contributed by atoms with van der Waals surface area (Å²) < 4.78 is 10.3. The molecule has 1 aromatic rings. The third-order valence-electron chi connectivity index (χ3n) is 4.16. The van der Waals surface area contributed by atoms with Crippen LogP contribution in [0, 0.1) is 11.3 Å². The van der Waals surface area contributed by atoms with Gasteiger partial charge in [-0.05, 0) is 37.1 Å². The van der Waals surface area contributed by atoms with E-state index < -0.39 is 11.5 Å². The van der Waals surface area contributed by atoms with Crippen molar-refractivity contribution >= 4 is 5.97 Å². The van der Waals surface area contributed by atoms with Crippen molar-refractivity contribution in [2.45, 2.75) is 24.9 Å². The lowest BCUT2D eigenvalue weighted by Crippen LogP contribution is -2.53. The fourth-order valence-electron chi connectivity index (χ4n) is 3.03. The minimum absolute atomic E-state index is 0.156. The van der Waals surface area contributed by atoms with Crippen molar-refractivity contribution < 1.29 is 19.4 Å². The van der Waals surface area contributed by atoms with Gasteiger partial charge < -0.3 is 14.6 Å². The van der Waals surface area contributed by atoms with E-state index in [0.717, 1.165) is 12.0 Å². The summed E-state index contributed by atoms with van der Waals surface area (Å²) in [7, 11) is 3.03. The first-order valence-corrected chi connectivity index (χ1v) is 7.12. The van der Waals surface area contributed by atoms with E-state index in [4.69, 9.17) is 14.7 Å². The number of rotatable bonds is 6. The number of carboxylic acids is 1. The van der Waals surface area contributed by atoms with Gasteiger partial charge in [-0.25, -0.2) is 0 Å². The van der Waals surface area contributed by atoms with Gasteiger partial charge in [-0.2, -0.15) is 5.26 Å². The molecule has 2 rings (SSSR count). The molecule has 6 nitrogen and oxygen atoms in total. The number of nitrogens with zero attached hydrogens (tertiary/aromatic N) is 2. The van der Waals surface area contributed by atoms with E-state index in [1.165, 1.54) is 14.2 Å². The average molecular weight is 304 g/mol. The number of hydrogen-bond acceptors (Lipinski definition) is 5. The quantitative estimate of drug-likeness (QED) is 0.860. The van der Waals surface area contributed by atoms with E-state index in [2.05, 4.69) is 6.07 Å². The first-order valence-electron chi connectivity index (χ1n) is 7.12. The summed E-state index contributed by atoms with van der Waals surface area (Å²) in [6.07, 6.45) is 1.38. The van der Waals surface area contributed by atoms with Gasteiger partial charge in [-0.15, -0.1) is 0 Å². The van der Waals surface area contributed by atoms with Crippen LogP contribution in [0.1, 0.15) is 24.0 Å². The third-order valence-corrected chi connectivity index (χ3v) is 4.16. The van der Waals surface area contributed by atoms with Gasteiger partial charge in [0.1, 0.15) is 17.4 Å². The van der Waals surface area contributed by atoms with Crippen molar-refractivity contribution in [2.75, 3.05) is 27.4 Å². The van der Waals surface area contributed by atoms with E-state index >= 15 is 0 Å². The average Bonchev–Trinajstić information content (AvgIpc) is 2.91. The summed E-state index contributed by atoms with van der Waals surface area (Å²) in [4.78, 5) is 13.7. The highest BCUT2D eigenvalue weighted by Gasteiger charge is 2.47. The maximum Gasteiger partial charge on any atom is 0.326 e. The van der Waals surface area contributed by atoms with Gasteiger partial charge in [0.15, 0.2) is 0 Å². The van der Waals surface area contributed by atoms with Crippen molar-refractivity contribution in [3.05, 3.63) is 29.3 Å². The molecule has 118 valence electrons. The molecule has 0 radical (unpaired) electrons. The Hall–Kier alpha value is -2.10. The molecule has 1 N–H and O–H groups in total. The summed E-state index contributed by atoms with van der Waals surface area (Å²) in [6.45, 7) is 1.32. The Labute approximate surface area is 129 Å². The summed E-state index contributed by atoms with van der Waals surface area (Å²) in [5.74, 6) is -0.338. The van der Waals surface area contributed by atoms with Crippen LogP contribution in [0.4, 0.5) is 0 Å². The zero-order chi connectivity index (χ0) is 16.2. The van der Waals surface area contributed by atoms with Gasteiger partial charge in [0, 0.05) is 13.7 Å². The van der Waals surface area contributed by atoms with Crippen LogP contribution in [0.25, 0.3) is 0 Å². The van der Waals surface area contributed by atoms with E-state index in [1.54, 1.807) is 12.1 Å². The van der Waals surface area contributed by atoms with Gasteiger partial charge >= 0.3 is 5.97 Å². The fourth-order valence-corrected chi connectivity index (χ4v) is 3.03. The molecule has 1 atom stereocenters. The molecule has 1 saturated heterocycles. The van der Waals surface area contributed by atoms with Gasteiger partial charge in [0.2, 0.25) is 0 Å². The second-order valence-electron chi connectivity index (χ2n) is 5.44. The molecule has 1 aromatic carbocycles. The van der Waals surface area contributed by atoms with Crippen LogP contribution in [-0.2, 0) is 16.1 Å². The van der Waals surface area contributed by atoms with Gasteiger partial charge in [0.05, 0.1) is 19.3 Å². The van der Waals surface area contributed by atoms with Crippen molar-refractivity contribution in [3.8, 4) is 11.8 Å². The van der Waals surface area contributed by atoms with Gasteiger partial charge in [0.25, 0.3) is 0 Å². The van der Waals surface area contributed by atoms with Gasteiger partial charge in [-0.1, -0.05) is 6.07 Å². The van der Waals surface area contributed by atoms with E-state index in [-0.39, 0.29) is 6.61 Å². The molecule has 1 heterocycles. The molecule has 1 unspecified atom stereocenters. The van der Waals surface area contributed by atoms with E-state index in [1.807, 2.05) is 11.0 Å². The summed E-state index contributed by atoms with van der Waals surface area (Å²) >= 11 is 0. The van der Waals surface area contributed by atoms with E-state index in [9.17, 15) is 9.90 Å². The smallest absolute Gasteiger partial charge is 0.326 e. The molecule has 1 aliphatic rings. The molecule has 22 heavy (non-hydrogen) atoms. The first kappa shape index (κ1) is 16.3. The van der Waals surface area contributed by atoms with Crippen LogP contribution in [0.3, 0.4) is 0 Å². The Bertz CT molecular complexity index is 596. The number of hydrogen-bond donors (Lipinski definition) is 1.